The number of fused-ring (bicyclic) bond motifs is 1. The normalized spacial score (nSPS) is 13.0. The molecule has 0 atom stereocenters. The molecule has 0 aliphatic heterocycles. The Labute approximate surface area is 173 Å². The van der Waals surface area contributed by atoms with Gasteiger partial charge in [-0.15, -0.1) is 0 Å². The summed E-state index contributed by atoms with van der Waals surface area (Å²) in [4.78, 5) is 35.5. The fraction of sp³-hybridized carbons (Fsp3) is 0.174. The zero-order chi connectivity index (χ0) is 21.4. The summed E-state index contributed by atoms with van der Waals surface area (Å²) in [6, 6.07) is 13.9. The van der Waals surface area contributed by atoms with Crippen LogP contribution in [0, 0.1) is 6.92 Å². The first kappa shape index (κ1) is 19.4. The molecule has 0 unspecified atom stereocenters. The molecule has 7 heteroatoms. The number of primary amides is 2. The summed E-state index contributed by atoms with van der Waals surface area (Å²) in [6.07, 6.45) is 2.22. The van der Waals surface area contributed by atoms with Crippen molar-refractivity contribution in [1.29, 1.82) is 0 Å². The maximum Gasteiger partial charge on any atom is 0.250 e. The molecule has 1 aliphatic rings. The summed E-state index contributed by atoms with van der Waals surface area (Å²) in [5, 5.41) is 3.20. The van der Waals surface area contributed by atoms with Crippen LogP contribution in [0.25, 0.3) is 5.69 Å². The molecular formula is C23H22N4O3. The van der Waals surface area contributed by atoms with Gasteiger partial charge in [0.15, 0.2) is 5.78 Å². The molecule has 0 saturated carbocycles. The van der Waals surface area contributed by atoms with Gasteiger partial charge in [-0.2, -0.15) is 0 Å². The van der Waals surface area contributed by atoms with E-state index in [4.69, 9.17) is 11.5 Å². The van der Waals surface area contributed by atoms with Crippen LogP contribution in [0.1, 0.15) is 55.3 Å². The number of nitrogens with zero attached hydrogens (tertiary/aromatic N) is 1. The van der Waals surface area contributed by atoms with Crippen LogP contribution in [0.2, 0.25) is 0 Å². The number of nitrogens with two attached hydrogens (primary N) is 2. The maximum absolute atomic E-state index is 12.3. The number of carbonyl (C=O) groups excluding carboxylic acids is 3. The Morgan fingerprint density at radius 3 is 2.37 bits per heavy atom. The number of hydrogen-bond donors (Lipinski definition) is 3. The van der Waals surface area contributed by atoms with Crippen LogP contribution in [0.3, 0.4) is 0 Å². The standard InChI is InChI=1S/C23H22N4O3/c1-13-11-18-20(3-2-4-21(18)28)27(13)16-9-10-17(23(25)30)19(12-16)26-15-7-5-14(6-8-15)22(24)29/h5-12,26H,2-4H2,1H3,(H2,24,29)(H2,25,30). The van der Waals surface area contributed by atoms with Crippen molar-refractivity contribution in [1.82, 2.24) is 4.57 Å². The number of carbonyl (C=O) groups is 3. The molecule has 0 spiro atoms. The first-order valence-corrected chi connectivity index (χ1v) is 9.70. The van der Waals surface area contributed by atoms with Gasteiger partial charge >= 0.3 is 0 Å². The van der Waals surface area contributed by atoms with E-state index in [1.807, 2.05) is 25.1 Å². The number of anilines is 2. The van der Waals surface area contributed by atoms with Crippen molar-refractivity contribution in [2.45, 2.75) is 26.2 Å². The van der Waals surface area contributed by atoms with Crippen molar-refractivity contribution in [2.24, 2.45) is 11.5 Å². The van der Waals surface area contributed by atoms with Gasteiger partial charge in [-0.05, 0) is 68.3 Å². The van der Waals surface area contributed by atoms with Crippen molar-refractivity contribution in [2.75, 3.05) is 5.32 Å². The summed E-state index contributed by atoms with van der Waals surface area (Å²) in [6.45, 7) is 1.96. The number of benzene rings is 2. The monoisotopic (exact) mass is 402 g/mol. The molecule has 3 aromatic rings. The van der Waals surface area contributed by atoms with E-state index >= 15 is 0 Å². The SMILES string of the molecule is Cc1cc2c(n1-c1ccc(C(N)=O)c(Nc3ccc(C(N)=O)cc3)c1)CCCC2=O. The van der Waals surface area contributed by atoms with Crippen molar-refractivity contribution < 1.29 is 14.4 Å². The number of ketones is 1. The quantitative estimate of drug-likeness (QED) is 0.607. The molecule has 30 heavy (non-hydrogen) atoms. The van der Waals surface area contributed by atoms with Gasteiger partial charge in [-0.3, -0.25) is 14.4 Å². The topological polar surface area (TPSA) is 120 Å². The van der Waals surface area contributed by atoms with Gasteiger partial charge in [0.25, 0.3) is 5.91 Å². The van der Waals surface area contributed by atoms with Crippen LogP contribution in [0.15, 0.2) is 48.5 Å². The lowest BCUT2D eigenvalue weighted by atomic mass is 9.96. The Morgan fingerprint density at radius 1 is 0.967 bits per heavy atom. The summed E-state index contributed by atoms with van der Waals surface area (Å²) in [5.41, 5.74) is 16.4. The van der Waals surface area contributed by atoms with E-state index in [1.165, 1.54) is 0 Å². The van der Waals surface area contributed by atoms with Crippen molar-refractivity contribution in [3.8, 4) is 5.69 Å². The number of rotatable bonds is 5. The van der Waals surface area contributed by atoms with E-state index in [2.05, 4.69) is 9.88 Å². The Morgan fingerprint density at radius 2 is 1.70 bits per heavy atom. The Kier molecular flexibility index (Phi) is 4.87. The molecule has 5 N–H and O–H groups in total. The molecular weight excluding hydrogens is 380 g/mol. The van der Waals surface area contributed by atoms with Gasteiger partial charge < -0.3 is 21.4 Å². The third-order valence-electron chi connectivity index (χ3n) is 5.38. The van der Waals surface area contributed by atoms with E-state index in [0.29, 0.717) is 28.9 Å². The lowest BCUT2D eigenvalue weighted by molar-refractivity contribution is 0.0969. The minimum atomic E-state index is -0.556. The Bertz CT molecular complexity index is 1180. The largest absolute Gasteiger partial charge is 0.366 e. The van der Waals surface area contributed by atoms with E-state index in [9.17, 15) is 14.4 Å². The molecule has 0 fully saturated rings. The fourth-order valence-electron chi connectivity index (χ4n) is 3.95. The predicted octanol–water partition coefficient (Wildman–Crippen LogP) is 3.25. The lowest BCUT2D eigenvalue weighted by Gasteiger charge is -2.18. The van der Waals surface area contributed by atoms with E-state index in [-0.39, 0.29) is 5.78 Å². The first-order valence-electron chi connectivity index (χ1n) is 9.70. The Balaban J connectivity index is 1.77. The zero-order valence-electron chi connectivity index (χ0n) is 16.6. The highest BCUT2D eigenvalue weighted by molar-refractivity contribution is 6.00. The third-order valence-corrected chi connectivity index (χ3v) is 5.38. The number of Topliss-reactive ketones (excluding diaryl/α,β-unsaturated/α-hetero) is 1. The van der Waals surface area contributed by atoms with Crippen LogP contribution < -0.4 is 16.8 Å². The molecule has 4 rings (SSSR count). The summed E-state index contributed by atoms with van der Waals surface area (Å²) >= 11 is 0. The predicted molar refractivity (Wildman–Crippen MR) is 115 cm³/mol. The third kappa shape index (κ3) is 3.45. The molecule has 152 valence electrons. The molecule has 2 amide bonds. The second kappa shape index (κ2) is 7.51. The van der Waals surface area contributed by atoms with Crippen LogP contribution in [-0.4, -0.2) is 22.2 Å². The minimum Gasteiger partial charge on any atom is -0.366 e. The molecule has 0 saturated heterocycles. The fourth-order valence-corrected chi connectivity index (χ4v) is 3.95. The number of nitrogens with one attached hydrogen (secondary N) is 1. The molecule has 1 heterocycles. The van der Waals surface area contributed by atoms with Crippen LogP contribution in [-0.2, 0) is 6.42 Å². The summed E-state index contributed by atoms with van der Waals surface area (Å²) in [5.74, 6) is -0.900. The molecule has 0 radical (unpaired) electrons. The molecule has 1 aliphatic carbocycles. The number of aromatic nitrogens is 1. The average molecular weight is 402 g/mol. The zero-order valence-corrected chi connectivity index (χ0v) is 16.6. The highest BCUT2D eigenvalue weighted by Gasteiger charge is 2.23. The van der Waals surface area contributed by atoms with Gasteiger partial charge in [-0.25, -0.2) is 0 Å². The smallest absolute Gasteiger partial charge is 0.250 e. The van der Waals surface area contributed by atoms with Gasteiger partial charge in [0.05, 0.1) is 11.3 Å². The summed E-state index contributed by atoms with van der Waals surface area (Å²) in [7, 11) is 0. The molecule has 1 aromatic heterocycles. The van der Waals surface area contributed by atoms with Crippen LogP contribution in [0.5, 0.6) is 0 Å². The molecule has 2 aromatic carbocycles. The van der Waals surface area contributed by atoms with Crippen molar-refractivity contribution in [3.63, 3.8) is 0 Å². The van der Waals surface area contributed by atoms with Gasteiger partial charge in [0.1, 0.15) is 0 Å². The minimum absolute atomic E-state index is 0.166. The van der Waals surface area contributed by atoms with Crippen molar-refractivity contribution in [3.05, 3.63) is 76.6 Å². The van der Waals surface area contributed by atoms with Gasteiger partial charge in [0, 0.05) is 40.3 Å². The number of aryl methyl sites for hydroxylation is 1. The van der Waals surface area contributed by atoms with Gasteiger partial charge in [0.2, 0.25) is 5.91 Å². The Hall–Kier alpha value is -3.87. The molecule has 7 nitrogen and oxygen atoms in total. The number of amides is 2. The second-order valence-electron chi connectivity index (χ2n) is 7.42. The summed E-state index contributed by atoms with van der Waals surface area (Å²) < 4.78 is 2.05. The highest BCUT2D eigenvalue weighted by atomic mass is 16.1. The van der Waals surface area contributed by atoms with Gasteiger partial charge in [-0.1, -0.05) is 0 Å². The maximum atomic E-state index is 12.3. The highest BCUT2D eigenvalue weighted by Crippen LogP contribution is 2.31. The average Bonchev–Trinajstić information content (AvgIpc) is 3.05. The van der Waals surface area contributed by atoms with Crippen LogP contribution >= 0.6 is 0 Å². The van der Waals surface area contributed by atoms with E-state index in [0.717, 1.165) is 35.5 Å². The molecule has 0 bridgehead atoms. The van der Waals surface area contributed by atoms with Crippen LogP contribution in [0.4, 0.5) is 11.4 Å². The lowest BCUT2D eigenvalue weighted by Crippen LogP contribution is -2.15. The first-order chi connectivity index (χ1) is 14.3. The van der Waals surface area contributed by atoms with E-state index in [1.54, 1.807) is 30.3 Å². The van der Waals surface area contributed by atoms with Crippen molar-refractivity contribution >= 4 is 29.0 Å². The number of hydrogen-bond acceptors (Lipinski definition) is 4. The van der Waals surface area contributed by atoms with E-state index < -0.39 is 11.8 Å². The second-order valence-corrected chi connectivity index (χ2v) is 7.42.